The second kappa shape index (κ2) is 9.97. The van der Waals surface area contributed by atoms with Gasteiger partial charge in [0.15, 0.2) is 0 Å². The smallest absolute Gasteiger partial charge is 0.305 e. The van der Waals surface area contributed by atoms with E-state index < -0.39 is 0 Å². The van der Waals surface area contributed by atoms with Crippen molar-refractivity contribution in [2.24, 2.45) is 0 Å². The Morgan fingerprint density at radius 3 is 2.19 bits per heavy atom. The normalized spacial score (nSPS) is 10.2. The third-order valence-corrected chi connectivity index (χ3v) is 3.38. The quantitative estimate of drug-likeness (QED) is 0.562. The molecule has 0 fully saturated rings. The third-order valence-electron chi connectivity index (χ3n) is 3.38. The number of hydrogen-bond acceptors (Lipinski definition) is 3. The lowest BCUT2D eigenvalue weighted by Crippen LogP contribution is -2.22. The fraction of sp³-hybridized carbons (Fsp3) is 0.529. The van der Waals surface area contributed by atoms with Crippen molar-refractivity contribution in [3.63, 3.8) is 0 Å². The molecule has 0 aromatic heterocycles. The molecule has 0 heterocycles. The number of esters is 1. The van der Waals surface area contributed by atoms with Crippen molar-refractivity contribution in [1.29, 1.82) is 0 Å². The molecule has 0 aliphatic heterocycles. The number of unbranched alkanes of at least 4 members (excludes halogenated alkanes) is 2. The molecule has 0 saturated heterocycles. The van der Waals surface area contributed by atoms with Gasteiger partial charge in [-0.1, -0.05) is 30.7 Å². The molecule has 0 aliphatic carbocycles. The van der Waals surface area contributed by atoms with Crippen molar-refractivity contribution in [2.75, 3.05) is 13.7 Å². The Bertz CT molecular complexity index is 440. The second-order valence-electron chi connectivity index (χ2n) is 5.19. The molecule has 1 rings (SSSR count). The molecule has 0 unspecified atom stereocenters. The number of aryl methyl sites for hydroxylation is 1. The second-order valence-corrected chi connectivity index (χ2v) is 5.19. The van der Waals surface area contributed by atoms with Gasteiger partial charge in [-0.05, 0) is 36.8 Å². The van der Waals surface area contributed by atoms with Crippen LogP contribution >= 0.6 is 0 Å². The maximum atomic E-state index is 11.0. The van der Waals surface area contributed by atoms with E-state index in [0.717, 1.165) is 32.1 Å². The minimum Gasteiger partial charge on any atom is -0.469 e. The Balaban J connectivity index is 2.18. The van der Waals surface area contributed by atoms with E-state index in [1.807, 2.05) is 0 Å². The molecule has 1 amide bonds. The Hall–Kier alpha value is -1.84. The van der Waals surface area contributed by atoms with Crippen LogP contribution in [0.4, 0.5) is 0 Å². The minimum atomic E-state index is -0.126. The maximum absolute atomic E-state index is 11.0. The molecule has 4 heteroatoms. The number of methoxy groups -OCH3 is 1. The van der Waals surface area contributed by atoms with Gasteiger partial charge >= 0.3 is 5.97 Å². The van der Waals surface area contributed by atoms with Crippen LogP contribution in [0, 0.1) is 0 Å². The van der Waals surface area contributed by atoms with Crippen LogP contribution in [-0.2, 0) is 27.2 Å². The molecule has 0 bridgehead atoms. The zero-order chi connectivity index (χ0) is 15.5. The first kappa shape index (κ1) is 17.2. The first-order valence-corrected chi connectivity index (χ1v) is 7.51. The molecule has 0 atom stereocenters. The van der Waals surface area contributed by atoms with Gasteiger partial charge in [-0.2, -0.15) is 0 Å². The van der Waals surface area contributed by atoms with Crippen LogP contribution in [0.25, 0.3) is 0 Å². The molecular formula is C17H25NO3. The number of nitrogens with one attached hydrogen (secondary N) is 1. The molecule has 4 nitrogen and oxygen atoms in total. The summed E-state index contributed by atoms with van der Waals surface area (Å²) in [5.41, 5.74) is 2.55. The van der Waals surface area contributed by atoms with E-state index in [1.54, 1.807) is 0 Å². The number of amides is 1. The summed E-state index contributed by atoms with van der Waals surface area (Å²) in [4.78, 5) is 21.7. The van der Waals surface area contributed by atoms with Crippen LogP contribution in [0.2, 0.25) is 0 Å². The first-order valence-electron chi connectivity index (χ1n) is 7.51. The van der Waals surface area contributed by atoms with E-state index in [0.29, 0.717) is 13.0 Å². The van der Waals surface area contributed by atoms with E-state index >= 15 is 0 Å². The van der Waals surface area contributed by atoms with Crippen molar-refractivity contribution in [3.05, 3.63) is 35.4 Å². The SMILES string of the molecule is COC(=O)CCCCCc1ccc(CCNC(C)=O)cc1. The lowest BCUT2D eigenvalue weighted by Gasteiger charge is -2.05. The van der Waals surface area contributed by atoms with Crippen LogP contribution in [-0.4, -0.2) is 25.5 Å². The molecule has 0 saturated carbocycles. The zero-order valence-electron chi connectivity index (χ0n) is 13.0. The summed E-state index contributed by atoms with van der Waals surface area (Å²) in [5.74, 6) is -0.114. The summed E-state index contributed by atoms with van der Waals surface area (Å²) in [5, 5.41) is 2.79. The Labute approximate surface area is 126 Å². The summed E-state index contributed by atoms with van der Waals surface area (Å²) < 4.78 is 4.61. The van der Waals surface area contributed by atoms with Gasteiger partial charge in [0, 0.05) is 19.9 Å². The maximum Gasteiger partial charge on any atom is 0.305 e. The topological polar surface area (TPSA) is 55.4 Å². The summed E-state index contributed by atoms with van der Waals surface area (Å²) in [6, 6.07) is 8.52. The highest BCUT2D eigenvalue weighted by molar-refractivity contribution is 5.72. The molecule has 116 valence electrons. The van der Waals surface area contributed by atoms with Gasteiger partial charge in [-0.3, -0.25) is 9.59 Å². The van der Waals surface area contributed by atoms with E-state index in [4.69, 9.17) is 0 Å². The highest BCUT2D eigenvalue weighted by atomic mass is 16.5. The predicted molar refractivity (Wildman–Crippen MR) is 83.0 cm³/mol. The standard InChI is InChI=1S/C17H25NO3/c1-14(19)18-13-12-16-10-8-15(9-11-16)6-4-3-5-7-17(20)21-2/h8-11H,3-7,12-13H2,1-2H3,(H,18,19). The van der Waals surface area contributed by atoms with Crippen LogP contribution < -0.4 is 5.32 Å². The van der Waals surface area contributed by atoms with Crippen LogP contribution in [0.1, 0.15) is 43.7 Å². The molecule has 0 radical (unpaired) electrons. The number of benzene rings is 1. The lowest BCUT2D eigenvalue weighted by atomic mass is 10.0. The zero-order valence-corrected chi connectivity index (χ0v) is 13.0. The molecular weight excluding hydrogens is 266 g/mol. The third kappa shape index (κ3) is 8.12. The Morgan fingerprint density at radius 1 is 1.00 bits per heavy atom. The highest BCUT2D eigenvalue weighted by Gasteiger charge is 2.00. The van der Waals surface area contributed by atoms with Crippen molar-refractivity contribution in [3.8, 4) is 0 Å². The average Bonchev–Trinajstić information content (AvgIpc) is 2.47. The molecule has 1 N–H and O–H groups in total. The first-order chi connectivity index (χ1) is 10.1. The number of rotatable bonds is 9. The van der Waals surface area contributed by atoms with Gasteiger partial charge in [-0.25, -0.2) is 0 Å². The lowest BCUT2D eigenvalue weighted by molar-refractivity contribution is -0.140. The van der Waals surface area contributed by atoms with E-state index in [9.17, 15) is 9.59 Å². The number of carbonyl (C=O) groups is 2. The van der Waals surface area contributed by atoms with Gasteiger partial charge in [-0.15, -0.1) is 0 Å². The van der Waals surface area contributed by atoms with Crippen molar-refractivity contribution in [1.82, 2.24) is 5.32 Å². The van der Waals surface area contributed by atoms with Crippen LogP contribution in [0.15, 0.2) is 24.3 Å². The minimum absolute atomic E-state index is 0.0126. The average molecular weight is 291 g/mol. The summed E-state index contributed by atoms with van der Waals surface area (Å²) in [6.45, 7) is 2.21. The molecule has 0 aliphatic rings. The van der Waals surface area contributed by atoms with E-state index in [2.05, 4.69) is 34.3 Å². The van der Waals surface area contributed by atoms with Crippen LogP contribution in [0.3, 0.4) is 0 Å². The van der Waals surface area contributed by atoms with Gasteiger partial charge in [0.25, 0.3) is 0 Å². The van der Waals surface area contributed by atoms with E-state index in [-0.39, 0.29) is 11.9 Å². The summed E-state index contributed by atoms with van der Waals surface area (Å²) in [6.07, 6.45) is 5.42. The Kier molecular flexibility index (Phi) is 8.17. The van der Waals surface area contributed by atoms with Crippen molar-refractivity contribution in [2.45, 2.75) is 45.4 Å². The summed E-state index contributed by atoms with van der Waals surface area (Å²) >= 11 is 0. The summed E-state index contributed by atoms with van der Waals surface area (Å²) in [7, 11) is 1.43. The number of hydrogen-bond donors (Lipinski definition) is 1. The largest absolute Gasteiger partial charge is 0.469 e. The van der Waals surface area contributed by atoms with Crippen molar-refractivity contribution >= 4 is 11.9 Å². The number of ether oxygens (including phenoxy) is 1. The number of carbonyl (C=O) groups excluding carboxylic acids is 2. The highest BCUT2D eigenvalue weighted by Crippen LogP contribution is 2.10. The fourth-order valence-corrected chi connectivity index (χ4v) is 2.13. The Morgan fingerprint density at radius 2 is 1.62 bits per heavy atom. The monoisotopic (exact) mass is 291 g/mol. The molecule has 1 aromatic carbocycles. The van der Waals surface area contributed by atoms with Gasteiger partial charge in [0.2, 0.25) is 5.91 Å². The van der Waals surface area contributed by atoms with Crippen molar-refractivity contribution < 1.29 is 14.3 Å². The van der Waals surface area contributed by atoms with Gasteiger partial charge in [0.1, 0.15) is 0 Å². The van der Waals surface area contributed by atoms with Gasteiger partial charge in [0.05, 0.1) is 7.11 Å². The van der Waals surface area contributed by atoms with Gasteiger partial charge < -0.3 is 10.1 Å². The fourth-order valence-electron chi connectivity index (χ4n) is 2.13. The van der Waals surface area contributed by atoms with E-state index in [1.165, 1.54) is 25.2 Å². The molecule has 21 heavy (non-hydrogen) atoms. The molecule has 0 spiro atoms. The molecule has 1 aromatic rings. The van der Waals surface area contributed by atoms with Crippen LogP contribution in [0.5, 0.6) is 0 Å². The predicted octanol–water partition coefficient (Wildman–Crippen LogP) is 2.64.